The molecule has 0 atom stereocenters. The van der Waals surface area contributed by atoms with Crippen LogP contribution in [-0.2, 0) is 9.53 Å². The van der Waals surface area contributed by atoms with Gasteiger partial charge in [0.25, 0.3) is 5.69 Å². The van der Waals surface area contributed by atoms with Gasteiger partial charge in [0.05, 0.1) is 22.1 Å². The Kier molecular flexibility index (Phi) is 6.08. The van der Waals surface area contributed by atoms with E-state index in [1.165, 1.54) is 48.5 Å². The van der Waals surface area contributed by atoms with Crippen molar-refractivity contribution in [3.05, 3.63) is 86.3 Å². The van der Waals surface area contributed by atoms with Gasteiger partial charge in [0.15, 0.2) is 0 Å². The zero-order valence-electron chi connectivity index (χ0n) is 15.2. The van der Waals surface area contributed by atoms with E-state index in [1.54, 1.807) is 13.0 Å². The smallest absolute Gasteiger partial charge is 0.344 e. The van der Waals surface area contributed by atoms with Gasteiger partial charge in [0.1, 0.15) is 22.2 Å². The molecule has 0 amide bonds. The van der Waals surface area contributed by atoms with Crippen LogP contribution < -0.4 is 0 Å². The van der Waals surface area contributed by atoms with Crippen molar-refractivity contribution in [1.82, 2.24) is 0 Å². The van der Waals surface area contributed by atoms with Gasteiger partial charge in [-0.15, -0.1) is 0 Å². The van der Waals surface area contributed by atoms with Crippen LogP contribution in [0, 0.1) is 15.9 Å². The Balaban J connectivity index is 2.00. The maximum Gasteiger partial charge on any atom is 0.344 e. The van der Waals surface area contributed by atoms with Gasteiger partial charge in [-0.1, -0.05) is 23.9 Å². The van der Waals surface area contributed by atoms with E-state index < -0.39 is 16.7 Å². The van der Waals surface area contributed by atoms with Crippen molar-refractivity contribution >= 4 is 40.2 Å². The van der Waals surface area contributed by atoms with E-state index >= 15 is 0 Å². The second kappa shape index (κ2) is 8.70. The molecule has 1 heterocycles. The highest BCUT2D eigenvalue weighted by molar-refractivity contribution is 8.18. The Morgan fingerprint density at radius 2 is 1.90 bits per heavy atom. The van der Waals surface area contributed by atoms with E-state index in [0.29, 0.717) is 16.2 Å². The van der Waals surface area contributed by atoms with Crippen LogP contribution in [0.25, 0.3) is 6.08 Å². The summed E-state index contributed by atoms with van der Waals surface area (Å²) in [5, 5.41) is 21.6. The molecule has 148 valence electrons. The van der Waals surface area contributed by atoms with Gasteiger partial charge in [-0.05, 0) is 42.8 Å². The maximum absolute atomic E-state index is 13.1. The standard InChI is InChI=1S/C20H15FN2O5S/c1-2-28-20(25)17-18(24)16(11-12-3-5-13(21)6-4-12)29-19(17)22-14-7-9-15(10-8-14)23(26)27/h3-11,24H,2H2,1H3. The van der Waals surface area contributed by atoms with E-state index in [4.69, 9.17) is 4.74 Å². The molecular weight excluding hydrogens is 399 g/mol. The third kappa shape index (κ3) is 4.69. The molecular formula is C20H15FN2O5S. The number of carbonyl (C=O) groups excluding carboxylic acids is 1. The number of aliphatic hydroxyl groups is 1. The number of aliphatic hydroxyl groups excluding tert-OH is 1. The molecule has 1 aliphatic rings. The molecule has 0 saturated heterocycles. The summed E-state index contributed by atoms with van der Waals surface area (Å²) in [5.41, 5.74) is 0.813. The van der Waals surface area contributed by atoms with Crippen LogP contribution in [0.15, 0.2) is 69.8 Å². The van der Waals surface area contributed by atoms with Gasteiger partial charge in [0, 0.05) is 12.1 Å². The Morgan fingerprint density at radius 1 is 1.24 bits per heavy atom. The molecule has 1 aliphatic heterocycles. The zero-order chi connectivity index (χ0) is 21.0. The second-order valence-corrected chi connectivity index (χ2v) is 6.83. The number of benzene rings is 2. The number of halogens is 1. The molecule has 29 heavy (non-hydrogen) atoms. The topological polar surface area (TPSA) is 102 Å². The summed E-state index contributed by atoms with van der Waals surface area (Å²) < 4.78 is 18.1. The van der Waals surface area contributed by atoms with Crippen molar-refractivity contribution in [3.8, 4) is 0 Å². The minimum atomic E-state index is -0.735. The molecule has 7 nitrogen and oxygen atoms in total. The highest BCUT2D eigenvalue weighted by Crippen LogP contribution is 2.40. The molecule has 1 N–H and O–H groups in total. The number of hydrogen-bond donors (Lipinski definition) is 1. The lowest BCUT2D eigenvalue weighted by molar-refractivity contribution is -0.384. The van der Waals surface area contributed by atoms with Crippen LogP contribution >= 0.6 is 11.8 Å². The van der Waals surface area contributed by atoms with Crippen LogP contribution in [-0.4, -0.2) is 27.6 Å². The fourth-order valence-corrected chi connectivity index (χ4v) is 3.50. The number of nitro groups is 1. The molecule has 0 bridgehead atoms. The molecule has 0 unspecified atom stereocenters. The number of aliphatic imine (C=N–C) groups is 1. The number of rotatable bonds is 5. The van der Waals surface area contributed by atoms with Gasteiger partial charge in [-0.2, -0.15) is 0 Å². The summed E-state index contributed by atoms with van der Waals surface area (Å²) in [7, 11) is 0. The van der Waals surface area contributed by atoms with E-state index in [0.717, 1.165) is 11.8 Å². The predicted molar refractivity (Wildman–Crippen MR) is 108 cm³/mol. The molecule has 2 aromatic carbocycles. The van der Waals surface area contributed by atoms with Crippen molar-refractivity contribution in [2.75, 3.05) is 6.61 Å². The van der Waals surface area contributed by atoms with Gasteiger partial charge in [-0.3, -0.25) is 10.1 Å². The fraction of sp³-hybridized carbons (Fsp3) is 0.100. The summed E-state index contributed by atoms with van der Waals surface area (Å²) >= 11 is 1.04. The summed E-state index contributed by atoms with van der Waals surface area (Å²) in [5.74, 6) is -1.42. The van der Waals surface area contributed by atoms with Crippen molar-refractivity contribution in [2.24, 2.45) is 4.99 Å². The molecule has 9 heteroatoms. The first-order valence-corrected chi connectivity index (χ1v) is 9.30. The SMILES string of the molecule is CCOC(=O)C1=C(O)C(=Cc2ccc(F)cc2)SC1=Nc1ccc([N+](=O)[O-])cc1. The Bertz CT molecular complexity index is 1040. The van der Waals surface area contributed by atoms with Crippen molar-refractivity contribution in [1.29, 1.82) is 0 Å². The second-order valence-electron chi connectivity index (χ2n) is 5.80. The molecule has 3 rings (SSSR count). The summed E-state index contributed by atoms with van der Waals surface area (Å²) in [4.78, 5) is 27.3. The van der Waals surface area contributed by atoms with Crippen LogP contribution in [0.2, 0.25) is 0 Å². The van der Waals surface area contributed by atoms with Crippen molar-refractivity contribution in [3.63, 3.8) is 0 Å². The first kappa shape index (κ1) is 20.3. The normalized spacial score (nSPS) is 16.5. The minimum absolute atomic E-state index is 0.0890. The third-order valence-electron chi connectivity index (χ3n) is 3.83. The van der Waals surface area contributed by atoms with Gasteiger partial charge >= 0.3 is 5.97 Å². The highest BCUT2D eigenvalue weighted by Gasteiger charge is 2.33. The summed E-state index contributed by atoms with van der Waals surface area (Å²) in [6.45, 7) is 1.75. The first-order chi connectivity index (χ1) is 13.9. The molecule has 0 aliphatic carbocycles. The van der Waals surface area contributed by atoms with Crippen molar-refractivity contribution < 1.29 is 24.0 Å². The molecule has 0 aromatic heterocycles. The number of non-ortho nitro benzene ring substituents is 1. The predicted octanol–water partition coefficient (Wildman–Crippen LogP) is 4.93. The average molecular weight is 414 g/mol. The van der Waals surface area contributed by atoms with E-state index in [1.807, 2.05) is 0 Å². The lowest BCUT2D eigenvalue weighted by Crippen LogP contribution is -2.12. The number of nitrogens with zero attached hydrogens (tertiary/aromatic N) is 2. The fourth-order valence-electron chi connectivity index (χ4n) is 2.47. The van der Waals surface area contributed by atoms with Gasteiger partial charge < -0.3 is 9.84 Å². The van der Waals surface area contributed by atoms with E-state index in [-0.39, 0.29) is 28.7 Å². The quantitative estimate of drug-likeness (QED) is 0.423. The summed E-state index contributed by atoms with van der Waals surface area (Å²) in [6, 6.07) is 11.1. The van der Waals surface area contributed by atoms with Crippen molar-refractivity contribution in [2.45, 2.75) is 6.92 Å². The van der Waals surface area contributed by atoms with Gasteiger partial charge in [-0.25, -0.2) is 14.2 Å². The number of carbonyl (C=O) groups is 1. The zero-order valence-corrected chi connectivity index (χ0v) is 16.0. The highest BCUT2D eigenvalue weighted by atomic mass is 32.2. The van der Waals surface area contributed by atoms with Crippen LogP contribution in [0.4, 0.5) is 15.8 Å². The molecule has 0 fully saturated rings. The van der Waals surface area contributed by atoms with Crippen LogP contribution in [0.5, 0.6) is 0 Å². The Hall–Kier alpha value is -3.46. The van der Waals surface area contributed by atoms with Crippen LogP contribution in [0.3, 0.4) is 0 Å². The summed E-state index contributed by atoms with van der Waals surface area (Å²) in [6.07, 6.45) is 1.59. The lowest BCUT2D eigenvalue weighted by Gasteiger charge is -2.03. The molecule has 2 aromatic rings. The molecule has 0 spiro atoms. The monoisotopic (exact) mass is 414 g/mol. The number of ether oxygens (including phenoxy) is 1. The molecule has 0 radical (unpaired) electrons. The number of esters is 1. The van der Waals surface area contributed by atoms with E-state index in [2.05, 4.69) is 4.99 Å². The van der Waals surface area contributed by atoms with E-state index in [9.17, 15) is 24.4 Å². The largest absolute Gasteiger partial charge is 0.506 e. The Morgan fingerprint density at radius 3 is 2.48 bits per heavy atom. The van der Waals surface area contributed by atoms with Gasteiger partial charge in [0.2, 0.25) is 0 Å². The number of thioether (sulfide) groups is 1. The lowest BCUT2D eigenvalue weighted by atomic mass is 10.1. The van der Waals surface area contributed by atoms with Crippen LogP contribution in [0.1, 0.15) is 12.5 Å². The third-order valence-corrected chi connectivity index (χ3v) is 4.85. The molecule has 0 saturated carbocycles. The minimum Gasteiger partial charge on any atom is -0.506 e. The number of hydrogen-bond acceptors (Lipinski definition) is 7. The first-order valence-electron chi connectivity index (χ1n) is 8.48. The Labute approximate surface area is 169 Å². The maximum atomic E-state index is 13.1. The average Bonchev–Trinajstić information content (AvgIpc) is 2.99. The number of nitro benzene ring substituents is 1.